The number of carbonyl (C=O) groups is 1. The molecule has 3 rings (SSSR count). The third-order valence-corrected chi connectivity index (χ3v) is 5.05. The lowest BCUT2D eigenvalue weighted by Gasteiger charge is -2.11. The maximum Gasteiger partial charge on any atom is 0.231 e. The molecule has 1 heterocycles. The van der Waals surface area contributed by atoms with E-state index in [0.29, 0.717) is 29.4 Å². The number of ketones is 1. The fraction of sp³-hybridized carbons (Fsp3) is 0.158. The minimum atomic E-state index is -2.11. The molecule has 0 aliphatic rings. The summed E-state index contributed by atoms with van der Waals surface area (Å²) in [5.74, 6) is -1.37. The lowest BCUT2D eigenvalue weighted by molar-refractivity contribution is 0.103. The summed E-state index contributed by atoms with van der Waals surface area (Å²) in [6.07, 6.45) is 2.18. The van der Waals surface area contributed by atoms with E-state index in [1.165, 1.54) is 30.5 Å². The Morgan fingerprint density at radius 3 is 2.83 bits per heavy atom. The number of rotatable bonds is 7. The van der Waals surface area contributed by atoms with Gasteiger partial charge < -0.3 is 0 Å². The number of nitrogens with zero attached hydrogens (tertiary/aromatic N) is 3. The number of aryl methyl sites for hydroxylation is 1. The Hall–Kier alpha value is -2.77. The predicted octanol–water partition coefficient (Wildman–Crippen LogP) is 3.18. The normalized spacial score (nSPS) is 11.9. The van der Waals surface area contributed by atoms with Crippen LogP contribution in [0.15, 0.2) is 36.5 Å². The van der Waals surface area contributed by atoms with Crippen molar-refractivity contribution >= 4 is 39.7 Å². The van der Waals surface area contributed by atoms with Crippen molar-refractivity contribution in [2.75, 3.05) is 6.54 Å². The molecule has 2 N–H and O–H groups in total. The number of hydrogen-bond acceptors (Lipinski definition) is 5. The van der Waals surface area contributed by atoms with Gasteiger partial charge in [0.1, 0.15) is 11.9 Å². The molecule has 2 aromatic carbocycles. The minimum Gasteiger partial charge on any atom is -0.294 e. The Balaban J connectivity index is 1.92. The smallest absolute Gasteiger partial charge is 0.231 e. The number of aromatic nitrogens is 2. The average molecular weight is 433 g/mol. The number of fused-ring (bicyclic) bond motifs is 1. The fourth-order valence-electron chi connectivity index (χ4n) is 2.79. The highest BCUT2D eigenvalue weighted by Crippen LogP contribution is 2.28. The Bertz CT molecular complexity index is 1170. The van der Waals surface area contributed by atoms with Crippen LogP contribution in [0.25, 0.3) is 11.0 Å². The third-order valence-electron chi connectivity index (χ3n) is 4.17. The molecule has 1 unspecified atom stereocenters. The van der Waals surface area contributed by atoms with E-state index in [-0.39, 0.29) is 28.4 Å². The summed E-state index contributed by atoms with van der Waals surface area (Å²) in [6.45, 7) is 0.255. The molecule has 0 aliphatic heterocycles. The fourth-order valence-corrected chi connectivity index (χ4v) is 3.44. The van der Waals surface area contributed by atoms with E-state index in [1.54, 1.807) is 6.07 Å². The van der Waals surface area contributed by atoms with Gasteiger partial charge in [0.05, 0.1) is 27.8 Å². The summed E-state index contributed by atoms with van der Waals surface area (Å²) in [4.78, 5) is 21.1. The summed E-state index contributed by atoms with van der Waals surface area (Å²) < 4.78 is 36.1. The van der Waals surface area contributed by atoms with Crippen LogP contribution in [0.5, 0.6) is 0 Å². The molecule has 29 heavy (non-hydrogen) atoms. The summed E-state index contributed by atoms with van der Waals surface area (Å²) in [5.41, 5.74) is 1.39. The second-order valence-corrected chi connectivity index (χ2v) is 7.21. The van der Waals surface area contributed by atoms with Gasteiger partial charge in [0, 0.05) is 12.1 Å². The minimum absolute atomic E-state index is 0.00271. The first-order valence-corrected chi connectivity index (χ1v) is 9.92. The van der Waals surface area contributed by atoms with Crippen molar-refractivity contribution in [2.45, 2.75) is 12.8 Å². The third kappa shape index (κ3) is 4.81. The highest BCUT2D eigenvalue weighted by Gasteiger charge is 2.21. The van der Waals surface area contributed by atoms with Gasteiger partial charge in [0.15, 0.2) is 11.5 Å². The van der Waals surface area contributed by atoms with Crippen LogP contribution < -0.4 is 4.72 Å². The number of nitrogens with one attached hydrogen (secondary N) is 1. The van der Waals surface area contributed by atoms with E-state index in [0.717, 1.165) is 0 Å². The van der Waals surface area contributed by atoms with Crippen molar-refractivity contribution in [3.8, 4) is 6.07 Å². The second-order valence-electron chi connectivity index (χ2n) is 6.04. The Morgan fingerprint density at radius 1 is 1.31 bits per heavy atom. The molecule has 1 aromatic heterocycles. The maximum absolute atomic E-state index is 14.4. The van der Waals surface area contributed by atoms with Crippen LogP contribution in [0.3, 0.4) is 0 Å². The first-order chi connectivity index (χ1) is 13.9. The average Bonchev–Trinajstić information content (AvgIpc) is 2.71. The topological polar surface area (TPSA) is 116 Å². The monoisotopic (exact) mass is 432 g/mol. The summed E-state index contributed by atoms with van der Waals surface area (Å²) in [5, 5.41) is 8.95. The van der Waals surface area contributed by atoms with Crippen LogP contribution >= 0.6 is 11.6 Å². The van der Waals surface area contributed by atoms with Crippen molar-refractivity contribution in [1.29, 1.82) is 5.26 Å². The van der Waals surface area contributed by atoms with Crippen LogP contribution in [0.2, 0.25) is 5.02 Å². The molecule has 0 amide bonds. The first-order valence-electron chi connectivity index (χ1n) is 8.43. The molecule has 0 fully saturated rings. The van der Waals surface area contributed by atoms with Gasteiger partial charge in [0.2, 0.25) is 11.3 Å². The van der Waals surface area contributed by atoms with E-state index in [4.69, 9.17) is 21.4 Å². The molecule has 0 saturated heterocycles. The van der Waals surface area contributed by atoms with Crippen LogP contribution in [0.1, 0.15) is 33.6 Å². The van der Waals surface area contributed by atoms with E-state index in [9.17, 15) is 13.4 Å². The standard InChI is InChI=1S/C19H14ClFN4O3S/c20-18-11(2-1-7-24-29(27)28)3-5-14(21)17(18)19(26)12-4-6-15-16(8-12)25-13(9-22)10-23-15/h3-6,8,10,24H,1-2,7H2,(H,27,28). The van der Waals surface area contributed by atoms with E-state index in [2.05, 4.69) is 14.7 Å². The van der Waals surface area contributed by atoms with Crippen molar-refractivity contribution in [1.82, 2.24) is 14.7 Å². The van der Waals surface area contributed by atoms with E-state index in [1.807, 2.05) is 6.07 Å². The van der Waals surface area contributed by atoms with Crippen molar-refractivity contribution in [2.24, 2.45) is 0 Å². The van der Waals surface area contributed by atoms with Crippen LogP contribution in [-0.2, 0) is 17.7 Å². The summed E-state index contributed by atoms with van der Waals surface area (Å²) in [7, 11) is 0. The highest BCUT2D eigenvalue weighted by molar-refractivity contribution is 7.77. The van der Waals surface area contributed by atoms with Gasteiger partial charge in [-0.05, 0) is 42.7 Å². The van der Waals surface area contributed by atoms with Crippen LogP contribution in [0.4, 0.5) is 4.39 Å². The van der Waals surface area contributed by atoms with E-state index >= 15 is 0 Å². The summed E-state index contributed by atoms with van der Waals surface area (Å²) in [6, 6.07) is 9.02. The molecular formula is C19H14ClFN4O3S. The van der Waals surface area contributed by atoms with Crippen molar-refractivity contribution in [3.63, 3.8) is 0 Å². The molecule has 7 nitrogen and oxygen atoms in total. The second kappa shape index (κ2) is 9.15. The largest absolute Gasteiger partial charge is 0.294 e. The molecule has 0 saturated carbocycles. The van der Waals surface area contributed by atoms with Gasteiger partial charge in [-0.1, -0.05) is 17.7 Å². The number of carbonyl (C=O) groups excluding carboxylic acids is 1. The zero-order valence-electron chi connectivity index (χ0n) is 14.9. The molecular weight excluding hydrogens is 419 g/mol. The zero-order chi connectivity index (χ0) is 21.0. The molecule has 1 atom stereocenters. The number of nitriles is 1. The quantitative estimate of drug-likeness (QED) is 0.336. The molecule has 10 heteroatoms. The van der Waals surface area contributed by atoms with Crippen LogP contribution in [-0.4, -0.2) is 31.1 Å². The lowest BCUT2D eigenvalue weighted by atomic mass is 9.98. The van der Waals surface area contributed by atoms with Gasteiger partial charge in [0.25, 0.3) is 0 Å². The molecule has 0 aliphatic carbocycles. The van der Waals surface area contributed by atoms with Crippen LogP contribution in [0, 0.1) is 17.1 Å². The van der Waals surface area contributed by atoms with Gasteiger partial charge in [-0.25, -0.2) is 18.3 Å². The summed E-state index contributed by atoms with van der Waals surface area (Å²) >= 11 is 4.19. The van der Waals surface area contributed by atoms with E-state index < -0.39 is 22.9 Å². The lowest BCUT2D eigenvalue weighted by Crippen LogP contribution is -2.18. The van der Waals surface area contributed by atoms with Gasteiger partial charge in [-0.3, -0.25) is 14.3 Å². The zero-order valence-corrected chi connectivity index (χ0v) is 16.4. The van der Waals surface area contributed by atoms with Gasteiger partial charge >= 0.3 is 0 Å². The predicted molar refractivity (Wildman–Crippen MR) is 106 cm³/mol. The van der Waals surface area contributed by atoms with Gasteiger partial charge in [-0.15, -0.1) is 0 Å². The van der Waals surface area contributed by atoms with Crippen molar-refractivity contribution < 1.29 is 17.9 Å². The highest BCUT2D eigenvalue weighted by atomic mass is 35.5. The Morgan fingerprint density at radius 2 is 2.10 bits per heavy atom. The molecule has 0 spiro atoms. The SMILES string of the molecule is N#Cc1cnc2ccc(C(=O)c3c(F)ccc(CCCNS(=O)O)c3Cl)cc2n1. The Kier molecular flexibility index (Phi) is 6.61. The number of hydrogen-bond donors (Lipinski definition) is 2. The van der Waals surface area contributed by atoms with Crippen molar-refractivity contribution in [3.05, 3.63) is 69.8 Å². The first kappa shape index (κ1) is 21.0. The number of halogens is 2. The van der Waals surface area contributed by atoms with Gasteiger partial charge in [-0.2, -0.15) is 5.26 Å². The molecule has 0 bridgehead atoms. The Labute approximate surface area is 173 Å². The molecule has 148 valence electrons. The molecule has 0 radical (unpaired) electrons. The molecule has 3 aromatic rings. The number of benzene rings is 2. The maximum atomic E-state index is 14.4.